The highest BCUT2D eigenvalue weighted by molar-refractivity contribution is 4.88. The van der Waals surface area contributed by atoms with Crippen molar-refractivity contribution in [1.82, 2.24) is 5.32 Å². The summed E-state index contributed by atoms with van der Waals surface area (Å²) in [4.78, 5) is 0. The highest BCUT2D eigenvalue weighted by Gasteiger charge is 2.35. The second-order valence-corrected chi connectivity index (χ2v) is 5.48. The molecule has 0 amide bonds. The predicted molar refractivity (Wildman–Crippen MR) is 71.3 cm³/mol. The Balaban J connectivity index is 2.46. The van der Waals surface area contributed by atoms with Crippen molar-refractivity contribution in [3.63, 3.8) is 0 Å². The molecule has 3 nitrogen and oxygen atoms in total. The first-order valence-electron chi connectivity index (χ1n) is 7.02. The number of hydrogen-bond acceptors (Lipinski definition) is 3. The molecule has 1 aliphatic rings. The van der Waals surface area contributed by atoms with Gasteiger partial charge in [0.1, 0.15) is 0 Å². The Morgan fingerprint density at radius 1 is 1.35 bits per heavy atom. The van der Waals surface area contributed by atoms with Gasteiger partial charge in [0.2, 0.25) is 0 Å². The first kappa shape index (κ1) is 14.9. The third-order valence-electron chi connectivity index (χ3n) is 3.69. The van der Waals surface area contributed by atoms with Crippen molar-refractivity contribution in [3.8, 4) is 0 Å². The molecule has 0 aliphatic heterocycles. The third-order valence-corrected chi connectivity index (χ3v) is 3.69. The van der Waals surface area contributed by atoms with Crippen LogP contribution in [0.15, 0.2) is 0 Å². The van der Waals surface area contributed by atoms with E-state index in [9.17, 15) is 0 Å². The molecule has 17 heavy (non-hydrogen) atoms. The molecule has 0 aromatic rings. The Bertz CT molecular complexity index is 200. The van der Waals surface area contributed by atoms with Crippen molar-refractivity contribution in [2.45, 2.75) is 58.2 Å². The van der Waals surface area contributed by atoms with E-state index in [0.717, 1.165) is 19.1 Å². The molecule has 0 radical (unpaired) electrons. The summed E-state index contributed by atoms with van der Waals surface area (Å²) in [7, 11) is 2.01. The summed E-state index contributed by atoms with van der Waals surface area (Å²) in [5.41, 5.74) is 0.0395. The third kappa shape index (κ3) is 4.94. The Labute approximate surface area is 106 Å². The van der Waals surface area contributed by atoms with Gasteiger partial charge in [0.25, 0.3) is 0 Å². The van der Waals surface area contributed by atoms with Crippen LogP contribution in [0.3, 0.4) is 0 Å². The van der Waals surface area contributed by atoms with Gasteiger partial charge in [0.15, 0.2) is 0 Å². The van der Waals surface area contributed by atoms with Gasteiger partial charge >= 0.3 is 0 Å². The van der Waals surface area contributed by atoms with Crippen LogP contribution in [0, 0.1) is 5.92 Å². The smallest absolute Gasteiger partial charge is 0.0811 e. The Kier molecular flexibility index (Phi) is 6.45. The van der Waals surface area contributed by atoms with Gasteiger partial charge in [-0.3, -0.25) is 0 Å². The van der Waals surface area contributed by atoms with E-state index in [4.69, 9.17) is 9.47 Å². The fourth-order valence-corrected chi connectivity index (χ4v) is 2.69. The van der Waals surface area contributed by atoms with Crippen molar-refractivity contribution in [3.05, 3.63) is 0 Å². The van der Waals surface area contributed by atoms with E-state index in [1.807, 2.05) is 14.0 Å². The Morgan fingerprint density at radius 2 is 2.00 bits per heavy atom. The van der Waals surface area contributed by atoms with Crippen molar-refractivity contribution in [2.75, 3.05) is 26.8 Å². The van der Waals surface area contributed by atoms with E-state index in [1.54, 1.807) is 0 Å². The van der Waals surface area contributed by atoms with Crippen LogP contribution < -0.4 is 5.32 Å². The molecule has 0 saturated heterocycles. The number of likely N-dealkylation sites (N-methyl/N-ethyl adjacent to an activating group) is 1. The Hall–Kier alpha value is -0.120. The van der Waals surface area contributed by atoms with Crippen LogP contribution in [0.4, 0.5) is 0 Å². The van der Waals surface area contributed by atoms with E-state index in [2.05, 4.69) is 19.2 Å². The molecule has 1 saturated carbocycles. The lowest BCUT2D eigenvalue weighted by Gasteiger charge is -2.41. The molecule has 0 aromatic carbocycles. The van der Waals surface area contributed by atoms with Crippen LogP contribution in [0.1, 0.15) is 46.5 Å². The average Bonchev–Trinajstić information content (AvgIpc) is 2.31. The molecule has 1 rings (SSSR count). The maximum absolute atomic E-state index is 6.28. The van der Waals surface area contributed by atoms with Gasteiger partial charge in [-0.1, -0.05) is 6.92 Å². The summed E-state index contributed by atoms with van der Waals surface area (Å²) in [5.74, 6) is 0.853. The lowest BCUT2D eigenvalue weighted by atomic mass is 9.79. The van der Waals surface area contributed by atoms with E-state index in [0.29, 0.717) is 6.61 Å². The molecule has 1 unspecified atom stereocenters. The van der Waals surface area contributed by atoms with E-state index in [1.165, 1.54) is 25.7 Å². The zero-order chi connectivity index (χ0) is 12.7. The SMILES string of the molecule is CCOCC(C)OC1(CNC)CCC(C)CC1. The minimum Gasteiger partial charge on any atom is -0.379 e. The fraction of sp³-hybridized carbons (Fsp3) is 1.00. The summed E-state index contributed by atoms with van der Waals surface area (Å²) in [6.45, 7) is 8.91. The summed E-state index contributed by atoms with van der Waals surface area (Å²) in [5, 5.41) is 3.29. The molecule has 102 valence electrons. The molecule has 1 atom stereocenters. The van der Waals surface area contributed by atoms with Gasteiger partial charge < -0.3 is 14.8 Å². The number of ether oxygens (including phenoxy) is 2. The van der Waals surface area contributed by atoms with Gasteiger partial charge in [0.05, 0.1) is 18.3 Å². The molecule has 1 N–H and O–H groups in total. The molecule has 0 aromatic heterocycles. The van der Waals surface area contributed by atoms with Gasteiger partial charge in [-0.05, 0) is 52.5 Å². The van der Waals surface area contributed by atoms with Crippen molar-refractivity contribution >= 4 is 0 Å². The predicted octanol–water partition coefficient (Wildman–Crippen LogP) is 2.60. The fourth-order valence-electron chi connectivity index (χ4n) is 2.69. The maximum Gasteiger partial charge on any atom is 0.0811 e. The van der Waals surface area contributed by atoms with Crippen molar-refractivity contribution in [2.24, 2.45) is 5.92 Å². The quantitative estimate of drug-likeness (QED) is 0.745. The van der Waals surface area contributed by atoms with Gasteiger partial charge in [-0.25, -0.2) is 0 Å². The standard InChI is InChI=1S/C14H29NO2/c1-5-16-10-13(3)17-14(11-15-4)8-6-12(2)7-9-14/h12-13,15H,5-11H2,1-4H3. The second-order valence-electron chi connectivity index (χ2n) is 5.48. The molecule has 0 spiro atoms. The van der Waals surface area contributed by atoms with E-state index >= 15 is 0 Å². The van der Waals surface area contributed by atoms with Crippen LogP contribution >= 0.6 is 0 Å². The zero-order valence-corrected chi connectivity index (χ0v) is 11.9. The van der Waals surface area contributed by atoms with Crippen LogP contribution in [0.2, 0.25) is 0 Å². The van der Waals surface area contributed by atoms with E-state index < -0.39 is 0 Å². The summed E-state index contributed by atoms with van der Waals surface area (Å²) >= 11 is 0. The van der Waals surface area contributed by atoms with Crippen LogP contribution in [-0.2, 0) is 9.47 Å². The Morgan fingerprint density at radius 3 is 2.53 bits per heavy atom. The summed E-state index contributed by atoms with van der Waals surface area (Å²) in [6, 6.07) is 0. The normalized spacial score (nSPS) is 31.4. The van der Waals surface area contributed by atoms with Crippen molar-refractivity contribution < 1.29 is 9.47 Å². The number of nitrogens with one attached hydrogen (secondary N) is 1. The van der Waals surface area contributed by atoms with Gasteiger partial charge in [-0.15, -0.1) is 0 Å². The lowest BCUT2D eigenvalue weighted by Crippen LogP contribution is -2.47. The summed E-state index contributed by atoms with van der Waals surface area (Å²) < 4.78 is 11.7. The second kappa shape index (κ2) is 7.34. The number of hydrogen-bond donors (Lipinski definition) is 1. The van der Waals surface area contributed by atoms with Crippen LogP contribution in [0.5, 0.6) is 0 Å². The first-order valence-corrected chi connectivity index (χ1v) is 7.02. The molecule has 0 heterocycles. The number of rotatable bonds is 7. The van der Waals surface area contributed by atoms with Gasteiger partial charge in [0, 0.05) is 13.2 Å². The topological polar surface area (TPSA) is 30.5 Å². The van der Waals surface area contributed by atoms with Crippen LogP contribution in [-0.4, -0.2) is 38.5 Å². The van der Waals surface area contributed by atoms with Crippen molar-refractivity contribution in [1.29, 1.82) is 0 Å². The molecule has 0 bridgehead atoms. The maximum atomic E-state index is 6.28. The molecule has 1 fully saturated rings. The highest BCUT2D eigenvalue weighted by Crippen LogP contribution is 2.35. The molecule has 3 heteroatoms. The minimum atomic E-state index is 0.0395. The molecule has 1 aliphatic carbocycles. The zero-order valence-electron chi connectivity index (χ0n) is 11.9. The lowest BCUT2D eigenvalue weighted by molar-refractivity contribution is -0.129. The highest BCUT2D eigenvalue weighted by atomic mass is 16.5. The average molecular weight is 243 g/mol. The summed E-state index contributed by atoms with van der Waals surface area (Å²) in [6.07, 6.45) is 5.10. The van der Waals surface area contributed by atoms with Gasteiger partial charge in [-0.2, -0.15) is 0 Å². The largest absolute Gasteiger partial charge is 0.379 e. The molecular formula is C14H29NO2. The molecular weight excluding hydrogens is 214 g/mol. The van der Waals surface area contributed by atoms with Crippen LogP contribution in [0.25, 0.3) is 0 Å². The monoisotopic (exact) mass is 243 g/mol. The first-order chi connectivity index (χ1) is 8.12. The minimum absolute atomic E-state index is 0.0395. The van der Waals surface area contributed by atoms with E-state index in [-0.39, 0.29) is 11.7 Å².